The molecule has 2 aromatic carbocycles. The van der Waals surface area contributed by atoms with Crippen LogP contribution in [0.1, 0.15) is 31.5 Å². The lowest BCUT2D eigenvalue weighted by Crippen LogP contribution is -2.46. The number of hydrogen-bond acceptors (Lipinski definition) is 4. The normalized spacial score (nSPS) is 22.4. The average Bonchev–Trinajstić information content (AvgIpc) is 2.90. The number of carbonyl (C=O) groups is 1. The van der Waals surface area contributed by atoms with Crippen molar-refractivity contribution in [3.8, 4) is 22.6 Å². The number of allylic oxidation sites excluding steroid dienone is 2. The van der Waals surface area contributed by atoms with Crippen molar-refractivity contribution < 1.29 is 18.0 Å². The second-order valence-corrected chi connectivity index (χ2v) is 10.1. The molecule has 0 fully saturated rings. The summed E-state index contributed by atoms with van der Waals surface area (Å²) in [6.45, 7) is 11.4. The van der Waals surface area contributed by atoms with Crippen molar-refractivity contribution >= 4 is 16.7 Å². The quantitative estimate of drug-likeness (QED) is 0.285. The van der Waals surface area contributed by atoms with E-state index in [1.165, 1.54) is 18.3 Å². The van der Waals surface area contributed by atoms with E-state index in [0.717, 1.165) is 11.6 Å². The van der Waals surface area contributed by atoms with Crippen LogP contribution < -0.4 is 0 Å². The molecule has 0 radical (unpaired) electrons. The monoisotopic (exact) mass is 510 g/mol. The number of ketones is 1. The van der Waals surface area contributed by atoms with Crippen molar-refractivity contribution in [3.63, 3.8) is 0 Å². The van der Waals surface area contributed by atoms with Gasteiger partial charge < -0.3 is 4.79 Å². The molecule has 4 aromatic rings. The van der Waals surface area contributed by atoms with Crippen LogP contribution in [0.2, 0.25) is 0 Å². The van der Waals surface area contributed by atoms with Crippen LogP contribution >= 0.6 is 0 Å². The van der Waals surface area contributed by atoms with Gasteiger partial charge in [0.05, 0.1) is 18.0 Å². The Morgan fingerprint density at radius 1 is 1.05 bits per heavy atom. The van der Waals surface area contributed by atoms with Gasteiger partial charge in [0, 0.05) is 45.7 Å². The third-order valence-corrected chi connectivity index (χ3v) is 7.95. The lowest BCUT2D eigenvalue weighted by molar-refractivity contribution is -0.121. The minimum atomic E-state index is -0.814. The SMILES string of the molecule is [C-]#[N+]C1=C[C@@]2(C)c3nc(-c4ccnc5c(F)cc(F)cc45)nc(-c4ccccc4F)c3CC[C@@H]2[C@@H](C)C1=O. The number of pyridine rings is 1. The van der Waals surface area contributed by atoms with Crippen LogP contribution in [0.25, 0.3) is 38.4 Å². The molecule has 8 heteroatoms. The van der Waals surface area contributed by atoms with Crippen molar-refractivity contribution in [2.75, 3.05) is 0 Å². The predicted molar refractivity (Wildman–Crippen MR) is 136 cm³/mol. The van der Waals surface area contributed by atoms with Gasteiger partial charge >= 0.3 is 0 Å². The smallest absolute Gasteiger partial charge is 0.226 e. The molecule has 0 N–H and O–H groups in total. The summed E-state index contributed by atoms with van der Waals surface area (Å²) in [5.74, 6) is -2.62. The summed E-state index contributed by atoms with van der Waals surface area (Å²) in [4.78, 5) is 30.1. The third kappa shape index (κ3) is 3.46. The minimum Gasteiger partial charge on any atom is -0.308 e. The molecule has 0 bridgehead atoms. The summed E-state index contributed by atoms with van der Waals surface area (Å²) in [7, 11) is 0. The molecule has 0 saturated heterocycles. The van der Waals surface area contributed by atoms with Gasteiger partial charge in [-0.1, -0.05) is 32.1 Å². The van der Waals surface area contributed by atoms with Crippen molar-refractivity contribution in [3.05, 3.63) is 101 Å². The van der Waals surface area contributed by atoms with E-state index in [2.05, 4.69) is 9.83 Å². The Morgan fingerprint density at radius 2 is 1.84 bits per heavy atom. The van der Waals surface area contributed by atoms with Crippen LogP contribution in [0.3, 0.4) is 0 Å². The van der Waals surface area contributed by atoms with Gasteiger partial charge in [0.1, 0.15) is 17.2 Å². The summed E-state index contributed by atoms with van der Waals surface area (Å²) in [6, 6.07) is 9.80. The maximum absolute atomic E-state index is 15.1. The van der Waals surface area contributed by atoms with Crippen LogP contribution in [0.15, 0.2) is 60.4 Å². The fraction of sp³-hybridized carbons (Fsp3) is 0.233. The second-order valence-electron chi connectivity index (χ2n) is 10.1. The van der Waals surface area contributed by atoms with Crippen LogP contribution in [-0.4, -0.2) is 20.7 Å². The van der Waals surface area contributed by atoms with Crippen LogP contribution in [0, 0.1) is 35.9 Å². The van der Waals surface area contributed by atoms with Crippen molar-refractivity contribution in [1.29, 1.82) is 0 Å². The molecule has 0 spiro atoms. The number of nitrogens with zero attached hydrogens (tertiary/aromatic N) is 4. The minimum absolute atomic E-state index is 0.0335. The molecule has 2 aromatic heterocycles. The maximum atomic E-state index is 15.1. The topological polar surface area (TPSA) is 60.1 Å². The Morgan fingerprint density at radius 3 is 2.61 bits per heavy atom. The molecule has 0 unspecified atom stereocenters. The van der Waals surface area contributed by atoms with Gasteiger partial charge in [-0.25, -0.2) is 28.0 Å². The van der Waals surface area contributed by atoms with E-state index in [1.54, 1.807) is 30.3 Å². The molecular formula is C30H21F3N4O. The fourth-order valence-corrected chi connectivity index (χ4v) is 6.11. The lowest BCUT2D eigenvalue weighted by atomic mass is 9.58. The molecule has 2 aliphatic carbocycles. The van der Waals surface area contributed by atoms with Gasteiger partial charge in [0.15, 0.2) is 17.4 Å². The van der Waals surface area contributed by atoms with E-state index >= 15 is 4.39 Å². The number of aromatic nitrogens is 3. The molecule has 0 amide bonds. The van der Waals surface area contributed by atoms with E-state index in [0.29, 0.717) is 29.8 Å². The average molecular weight is 511 g/mol. The lowest BCUT2D eigenvalue weighted by Gasteiger charge is -2.46. The van der Waals surface area contributed by atoms with E-state index in [-0.39, 0.29) is 39.7 Å². The van der Waals surface area contributed by atoms with E-state index < -0.39 is 28.8 Å². The van der Waals surface area contributed by atoms with Crippen LogP contribution in [-0.2, 0) is 16.6 Å². The first-order valence-corrected chi connectivity index (χ1v) is 12.3. The zero-order valence-electron chi connectivity index (χ0n) is 20.6. The first-order valence-electron chi connectivity index (χ1n) is 12.3. The third-order valence-electron chi connectivity index (χ3n) is 7.95. The maximum Gasteiger partial charge on any atom is 0.226 e. The van der Waals surface area contributed by atoms with Crippen molar-refractivity contribution in [2.45, 2.75) is 32.1 Å². The second kappa shape index (κ2) is 8.59. The van der Waals surface area contributed by atoms with Gasteiger partial charge in [-0.05, 0) is 43.0 Å². The first kappa shape index (κ1) is 24.0. The molecule has 3 atom stereocenters. The highest BCUT2D eigenvalue weighted by Gasteiger charge is 2.49. The van der Waals surface area contributed by atoms with Gasteiger partial charge in [-0.15, -0.1) is 0 Å². The zero-order chi connectivity index (χ0) is 26.8. The molecule has 38 heavy (non-hydrogen) atoms. The first-order chi connectivity index (χ1) is 18.2. The van der Waals surface area contributed by atoms with E-state index in [4.69, 9.17) is 16.5 Å². The Hall–Kier alpha value is -4.38. The Bertz CT molecular complexity index is 1740. The van der Waals surface area contributed by atoms with Gasteiger partial charge in [0.2, 0.25) is 5.70 Å². The van der Waals surface area contributed by atoms with Crippen LogP contribution in [0.4, 0.5) is 13.2 Å². The van der Waals surface area contributed by atoms with Crippen molar-refractivity contribution in [2.24, 2.45) is 11.8 Å². The highest BCUT2D eigenvalue weighted by molar-refractivity contribution is 6.00. The van der Waals surface area contributed by atoms with Gasteiger partial charge in [-0.3, -0.25) is 4.98 Å². The summed E-state index contributed by atoms with van der Waals surface area (Å²) in [5, 5.41) is 0.187. The molecule has 2 aliphatic rings. The summed E-state index contributed by atoms with van der Waals surface area (Å²) in [5.41, 5.74) is 1.52. The Balaban J connectivity index is 1.71. The highest BCUT2D eigenvalue weighted by Crippen LogP contribution is 2.51. The van der Waals surface area contributed by atoms with Crippen LogP contribution in [0.5, 0.6) is 0 Å². The van der Waals surface area contributed by atoms with Gasteiger partial charge in [0.25, 0.3) is 0 Å². The molecule has 0 saturated carbocycles. The highest BCUT2D eigenvalue weighted by atomic mass is 19.1. The van der Waals surface area contributed by atoms with Crippen molar-refractivity contribution in [1.82, 2.24) is 15.0 Å². The zero-order valence-corrected chi connectivity index (χ0v) is 20.6. The largest absolute Gasteiger partial charge is 0.308 e. The number of benzene rings is 2. The number of Topliss-reactive ketones (excluding diaryl/α,β-unsaturated/α-hetero) is 1. The van der Waals surface area contributed by atoms with E-state index in [1.807, 2.05) is 13.8 Å². The summed E-state index contributed by atoms with van der Waals surface area (Å²) < 4.78 is 44.0. The predicted octanol–water partition coefficient (Wildman–Crippen LogP) is 6.62. The van der Waals surface area contributed by atoms with Gasteiger partial charge in [-0.2, -0.15) is 0 Å². The summed E-state index contributed by atoms with van der Waals surface area (Å²) >= 11 is 0. The molecule has 188 valence electrons. The fourth-order valence-electron chi connectivity index (χ4n) is 6.11. The number of halogens is 3. The van der Waals surface area contributed by atoms with E-state index in [9.17, 15) is 13.6 Å². The summed E-state index contributed by atoms with van der Waals surface area (Å²) in [6.07, 6.45) is 4.22. The molecule has 6 rings (SSSR count). The number of fused-ring (bicyclic) bond motifs is 4. The molecule has 2 heterocycles. The number of rotatable bonds is 2. The number of hydrogen-bond donors (Lipinski definition) is 0. The standard InChI is InChI=1S/C30H21F3N4O/c1-15-21-9-8-19-25(18-6-4-5-7-22(18)32)36-29(37-28(19)30(21,2)14-24(34-3)27(15)38)17-10-11-35-26-20(17)12-16(31)13-23(26)33/h4-7,10-15,21H,8-9H2,1-2H3/t15-,21-,30-/m1/s1. The molecule has 0 aliphatic heterocycles. The molecular weight excluding hydrogens is 489 g/mol. The Kier molecular flexibility index (Phi) is 5.42. The Labute approximate surface area is 216 Å². The number of carbonyl (C=O) groups excluding carboxylic acids is 1. The molecule has 5 nitrogen and oxygen atoms in total.